The zero-order valence-electron chi connectivity index (χ0n) is 9.69. The molecule has 0 N–H and O–H groups in total. The monoisotopic (exact) mass is 214 g/mol. The van der Waals surface area contributed by atoms with Gasteiger partial charge in [0.1, 0.15) is 0 Å². The van der Waals surface area contributed by atoms with Crippen molar-refractivity contribution in [2.45, 2.75) is 20.8 Å². The van der Waals surface area contributed by atoms with Crippen molar-refractivity contribution in [2.75, 3.05) is 0 Å². The summed E-state index contributed by atoms with van der Waals surface area (Å²) in [6, 6.07) is 3.87. The van der Waals surface area contributed by atoms with E-state index >= 15 is 0 Å². The molecule has 2 aromatic heterocycles. The first-order chi connectivity index (χ1) is 7.65. The Kier molecular flexibility index (Phi) is 2.60. The molecule has 2 heterocycles. The first-order valence-corrected chi connectivity index (χ1v) is 5.20. The fourth-order valence-electron chi connectivity index (χ4n) is 1.99. The fraction of sp³-hybridized carbons (Fsp3) is 0.231. The molecule has 0 aromatic carbocycles. The summed E-state index contributed by atoms with van der Waals surface area (Å²) in [4.78, 5) is 15.0. The van der Waals surface area contributed by atoms with Gasteiger partial charge in [-0.05, 0) is 38.5 Å². The van der Waals surface area contributed by atoms with Crippen LogP contribution in [0.1, 0.15) is 27.3 Å². The summed E-state index contributed by atoms with van der Waals surface area (Å²) >= 11 is 0. The second kappa shape index (κ2) is 3.93. The van der Waals surface area contributed by atoms with E-state index in [9.17, 15) is 4.79 Å². The van der Waals surface area contributed by atoms with Crippen molar-refractivity contribution in [2.24, 2.45) is 0 Å². The highest BCUT2D eigenvalue weighted by molar-refractivity contribution is 5.77. The number of aromatic nitrogens is 2. The Bertz CT molecular complexity index is 541. The Morgan fingerprint density at radius 3 is 2.62 bits per heavy atom. The Hall–Kier alpha value is -1.90. The van der Waals surface area contributed by atoms with E-state index in [1.165, 1.54) is 0 Å². The van der Waals surface area contributed by atoms with Gasteiger partial charge in [-0.1, -0.05) is 0 Å². The van der Waals surface area contributed by atoms with Crippen LogP contribution in [0.3, 0.4) is 0 Å². The summed E-state index contributed by atoms with van der Waals surface area (Å²) in [7, 11) is 0. The number of rotatable bonds is 2. The minimum atomic E-state index is 0.744. The summed E-state index contributed by atoms with van der Waals surface area (Å²) < 4.78 is 2.08. The van der Waals surface area contributed by atoms with Crippen LogP contribution in [0.2, 0.25) is 0 Å². The van der Waals surface area contributed by atoms with Crippen molar-refractivity contribution in [1.82, 2.24) is 9.55 Å². The maximum Gasteiger partial charge on any atom is 0.151 e. The first kappa shape index (κ1) is 10.6. The van der Waals surface area contributed by atoms with Crippen molar-refractivity contribution in [1.29, 1.82) is 0 Å². The van der Waals surface area contributed by atoms with Gasteiger partial charge < -0.3 is 4.57 Å². The predicted molar refractivity (Wildman–Crippen MR) is 63.2 cm³/mol. The highest BCUT2D eigenvalue weighted by Crippen LogP contribution is 2.21. The van der Waals surface area contributed by atoms with Crippen molar-refractivity contribution < 1.29 is 4.79 Å². The lowest BCUT2D eigenvalue weighted by molar-refractivity contribution is 0.112. The van der Waals surface area contributed by atoms with Crippen LogP contribution in [0.5, 0.6) is 0 Å². The SMILES string of the molecule is Cc1cnccc1-n1c(C)cc(C=O)c1C. The third-order valence-corrected chi connectivity index (χ3v) is 2.83. The molecule has 0 atom stereocenters. The van der Waals surface area contributed by atoms with E-state index < -0.39 is 0 Å². The van der Waals surface area contributed by atoms with Crippen LogP contribution < -0.4 is 0 Å². The average molecular weight is 214 g/mol. The number of hydrogen-bond donors (Lipinski definition) is 0. The zero-order valence-corrected chi connectivity index (χ0v) is 9.69. The number of carbonyl (C=O) groups is 1. The fourth-order valence-corrected chi connectivity index (χ4v) is 1.99. The second-order valence-corrected chi connectivity index (χ2v) is 3.94. The molecule has 3 nitrogen and oxygen atoms in total. The molecule has 16 heavy (non-hydrogen) atoms. The van der Waals surface area contributed by atoms with Crippen molar-refractivity contribution in [3.8, 4) is 5.69 Å². The highest BCUT2D eigenvalue weighted by atomic mass is 16.1. The summed E-state index contributed by atoms with van der Waals surface area (Å²) in [5, 5.41) is 0. The number of hydrogen-bond acceptors (Lipinski definition) is 2. The largest absolute Gasteiger partial charge is 0.317 e. The van der Waals surface area contributed by atoms with Crippen LogP contribution in [-0.4, -0.2) is 15.8 Å². The summed E-state index contributed by atoms with van der Waals surface area (Å²) in [6.07, 6.45) is 4.49. The van der Waals surface area contributed by atoms with Gasteiger partial charge in [0.25, 0.3) is 0 Å². The van der Waals surface area contributed by atoms with Gasteiger partial charge in [-0.3, -0.25) is 9.78 Å². The normalized spacial score (nSPS) is 10.4. The number of pyridine rings is 1. The van der Waals surface area contributed by atoms with Crippen molar-refractivity contribution in [3.63, 3.8) is 0 Å². The van der Waals surface area contributed by atoms with Gasteiger partial charge >= 0.3 is 0 Å². The molecule has 0 amide bonds. The average Bonchev–Trinajstić information content (AvgIpc) is 2.55. The van der Waals surface area contributed by atoms with Gasteiger partial charge in [-0.25, -0.2) is 0 Å². The Morgan fingerprint density at radius 2 is 2.06 bits per heavy atom. The highest BCUT2D eigenvalue weighted by Gasteiger charge is 2.11. The molecule has 0 unspecified atom stereocenters. The van der Waals surface area contributed by atoms with E-state index in [4.69, 9.17) is 0 Å². The molecule has 0 spiro atoms. The molecule has 0 aliphatic heterocycles. The van der Waals surface area contributed by atoms with Gasteiger partial charge in [0.2, 0.25) is 0 Å². The second-order valence-electron chi connectivity index (χ2n) is 3.94. The molecule has 0 saturated heterocycles. The number of aryl methyl sites for hydroxylation is 2. The third-order valence-electron chi connectivity index (χ3n) is 2.83. The Labute approximate surface area is 94.7 Å². The Morgan fingerprint density at radius 1 is 1.31 bits per heavy atom. The smallest absolute Gasteiger partial charge is 0.151 e. The molecule has 0 fully saturated rings. The standard InChI is InChI=1S/C13H14N2O/c1-9-7-14-5-4-13(9)15-10(2)6-12(8-16)11(15)3/h4-8H,1-3H3. The quantitative estimate of drug-likeness (QED) is 0.720. The minimum absolute atomic E-state index is 0.744. The molecule has 0 saturated carbocycles. The van der Waals surface area contributed by atoms with Crippen LogP contribution in [0.4, 0.5) is 0 Å². The molecule has 0 aliphatic carbocycles. The summed E-state index contributed by atoms with van der Waals surface area (Å²) in [5.74, 6) is 0. The number of carbonyl (C=O) groups excluding carboxylic acids is 1. The summed E-state index contributed by atoms with van der Waals surface area (Å²) in [6.45, 7) is 5.97. The van der Waals surface area contributed by atoms with Gasteiger partial charge in [-0.2, -0.15) is 0 Å². The van der Waals surface area contributed by atoms with Gasteiger partial charge in [0.15, 0.2) is 6.29 Å². The lowest BCUT2D eigenvalue weighted by Gasteiger charge is -2.11. The summed E-state index contributed by atoms with van der Waals surface area (Å²) in [5.41, 5.74) is 4.96. The molecule has 82 valence electrons. The molecule has 2 aromatic rings. The number of nitrogens with zero attached hydrogens (tertiary/aromatic N) is 2. The maximum absolute atomic E-state index is 10.9. The Balaban J connectivity index is 2.69. The van der Waals surface area contributed by atoms with E-state index in [0.717, 1.165) is 34.5 Å². The van der Waals surface area contributed by atoms with Gasteiger partial charge in [0, 0.05) is 29.3 Å². The molecule has 0 aliphatic rings. The lowest BCUT2D eigenvalue weighted by Crippen LogP contribution is -2.02. The van der Waals surface area contributed by atoms with Crippen LogP contribution in [-0.2, 0) is 0 Å². The maximum atomic E-state index is 10.9. The molecule has 3 heteroatoms. The van der Waals surface area contributed by atoms with Gasteiger partial charge in [-0.15, -0.1) is 0 Å². The molecular formula is C13H14N2O. The van der Waals surface area contributed by atoms with Crippen LogP contribution >= 0.6 is 0 Å². The topological polar surface area (TPSA) is 34.9 Å². The molecule has 0 bridgehead atoms. The van der Waals surface area contributed by atoms with Crippen molar-refractivity contribution >= 4 is 6.29 Å². The molecule has 0 radical (unpaired) electrons. The molecule has 2 rings (SSSR count). The predicted octanol–water partition coefficient (Wildman–Crippen LogP) is 2.61. The van der Waals surface area contributed by atoms with E-state index in [2.05, 4.69) is 9.55 Å². The van der Waals surface area contributed by atoms with E-state index in [1.807, 2.05) is 39.1 Å². The third kappa shape index (κ3) is 1.54. The van der Waals surface area contributed by atoms with Crippen LogP contribution in [0, 0.1) is 20.8 Å². The number of aldehydes is 1. The lowest BCUT2D eigenvalue weighted by atomic mass is 10.2. The van der Waals surface area contributed by atoms with Crippen molar-refractivity contribution in [3.05, 3.63) is 47.0 Å². The van der Waals surface area contributed by atoms with E-state index in [-0.39, 0.29) is 0 Å². The minimum Gasteiger partial charge on any atom is -0.317 e. The zero-order chi connectivity index (χ0) is 11.7. The van der Waals surface area contributed by atoms with E-state index in [0.29, 0.717) is 0 Å². The molecular weight excluding hydrogens is 200 g/mol. The first-order valence-electron chi connectivity index (χ1n) is 5.20. The van der Waals surface area contributed by atoms with Crippen LogP contribution in [0.15, 0.2) is 24.5 Å². The van der Waals surface area contributed by atoms with E-state index in [1.54, 1.807) is 6.20 Å². The van der Waals surface area contributed by atoms with Gasteiger partial charge in [0.05, 0.1) is 5.69 Å². The van der Waals surface area contributed by atoms with Crippen LogP contribution in [0.25, 0.3) is 5.69 Å².